The molecule has 172 valence electrons. The fraction of sp³-hybridized carbons (Fsp3) is 0.308. The summed E-state index contributed by atoms with van der Waals surface area (Å²) in [6.07, 6.45) is 1.62. The molecule has 0 amide bonds. The molecular weight excluding hydrogens is 434 g/mol. The topological polar surface area (TPSA) is 60.5 Å². The van der Waals surface area contributed by atoms with Gasteiger partial charge in [-0.25, -0.2) is 4.98 Å². The molecule has 2 heterocycles. The van der Waals surface area contributed by atoms with E-state index in [-0.39, 0.29) is 5.56 Å². The number of thioether (sulfide) groups is 1. The van der Waals surface area contributed by atoms with Crippen LogP contribution in [-0.4, -0.2) is 40.7 Å². The molecule has 0 N–H and O–H groups in total. The fourth-order valence-electron chi connectivity index (χ4n) is 3.63. The maximum Gasteiger partial charge on any atom is 0.262 e. The smallest absolute Gasteiger partial charge is 0.262 e. The zero-order valence-corrected chi connectivity index (χ0v) is 19.9. The molecule has 7 heteroatoms. The van der Waals surface area contributed by atoms with Gasteiger partial charge in [0.15, 0.2) is 5.16 Å². The third-order valence-corrected chi connectivity index (χ3v) is 6.61. The molecule has 0 unspecified atom stereocenters. The summed E-state index contributed by atoms with van der Waals surface area (Å²) < 4.78 is 13.1. The van der Waals surface area contributed by atoms with Crippen LogP contribution >= 0.6 is 11.8 Å². The average molecular weight is 464 g/mol. The van der Waals surface area contributed by atoms with E-state index in [0.29, 0.717) is 40.7 Å². The number of rotatable bonds is 11. The second-order valence-electron chi connectivity index (χ2n) is 7.69. The molecule has 0 aliphatic rings. The predicted octanol–water partition coefficient (Wildman–Crippen LogP) is 5.05. The lowest BCUT2D eigenvalue weighted by Gasteiger charge is -2.18. The third kappa shape index (κ3) is 5.86. The van der Waals surface area contributed by atoms with Gasteiger partial charge in [0.25, 0.3) is 5.56 Å². The highest BCUT2D eigenvalue weighted by molar-refractivity contribution is 7.98. The number of aromatic nitrogens is 2. The van der Waals surface area contributed by atoms with E-state index in [1.165, 1.54) is 5.56 Å². The molecule has 4 aromatic rings. The van der Waals surface area contributed by atoms with Gasteiger partial charge in [0.1, 0.15) is 18.1 Å². The van der Waals surface area contributed by atoms with Gasteiger partial charge in [0.05, 0.1) is 23.7 Å². The van der Waals surface area contributed by atoms with Crippen molar-refractivity contribution in [3.63, 3.8) is 0 Å². The van der Waals surface area contributed by atoms with Crippen molar-refractivity contribution in [3.8, 4) is 5.75 Å². The fourth-order valence-corrected chi connectivity index (χ4v) is 4.59. The number of hydrogen-bond donors (Lipinski definition) is 0. The van der Waals surface area contributed by atoms with Gasteiger partial charge in [0.2, 0.25) is 0 Å². The Morgan fingerprint density at radius 2 is 1.88 bits per heavy atom. The molecule has 2 aromatic carbocycles. The van der Waals surface area contributed by atoms with E-state index in [4.69, 9.17) is 14.1 Å². The van der Waals surface area contributed by atoms with Crippen molar-refractivity contribution < 1.29 is 9.15 Å². The number of fused-ring (bicyclic) bond motifs is 1. The van der Waals surface area contributed by atoms with Crippen molar-refractivity contribution in [2.75, 3.05) is 26.2 Å². The number of benzene rings is 2. The average Bonchev–Trinajstić information content (AvgIpc) is 3.37. The van der Waals surface area contributed by atoms with Crippen LogP contribution < -0.4 is 10.3 Å². The van der Waals surface area contributed by atoms with Crippen LogP contribution in [0.2, 0.25) is 0 Å². The first-order valence-electron chi connectivity index (χ1n) is 11.3. The maximum absolute atomic E-state index is 13.5. The number of nitrogens with zero attached hydrogens (tertiary/aromatic N) is 3. The second kappa shape index (κ2) is 11.2. The highest BCUT2D eigenvalue weighted by Crippen LogP contribution is 2.24. The second-order valence-corrected chi connectivity index (χ2v) is 8.64. The molecular formula is C26H29N3O3S. The van der Waals surface area contributed by atoms with Crippen LogP contribution in [0.4, 0.5) is 0 Å². The highest BCUT2D eigenvalue weighted by Gasteiger charge is 2.14. The molecule has 4 rings (SSSR count). The predicted molar refractivity (Wildman–Crippen MR) is 133 cm³/mol. The summed E-state index contributed by atoms with van der Waals surface area (Å²) in [6, 6.07) is 19.4. The van der Waals surface area contributed by atoms with Gasteiger partial charge >= 0.3 is 0 Å². The Labute approximate surface area is 198 Å². The summed E-state index contributed by atoms with van der Waals surface area (Å²) >= 11 is 1.55. The minimum absolute atomic E-state index is 0.0962. The molecule has 0 atom stereocenters. The summed E-state index contributed by atoms with van der Waals surface area (Å²) in [5, 5.41) is 1.22. The zero-order chi connectivity index (χ0) is 23.0. The Bertz CT molecular complexity index is 1220. The van der Waals surface area contributed by atoms with Crippen LogP contribution in [0.25, 0.3) is 10.9 Å². The SMILES string of the molecule is CCN(CC)CCOc1ccc2nc(SCc3ccccc3)n(Cc3ccco3)c(=O)c2c1. The molecule has 0 bridgehead atoms. The maximum atomic E-state index is 13.5. The highest BCUT2D eigenvalue weighted by atomic mass is 32.2. The molecule has 2 aromatic heterocycles. The molecule has 0 saturated carbocycles. The van der Waals surface area contributed by atoms with E-state index in [1.54, 1.807) is 28.7 Å². The van der Waals surface area contributed by atoms with Gasteiger partial charge in [0, 0.05) is 12.3 Å². The molecule has 33 heavy (non-hydrogen) atoms. The van der Waals surface area contributed by atoms with E-state index >= 15 is 0 Å². The largest absolute Gasteiger partial charge is 0.492 e. The Hall–Kier alpha value is -3.03. The Balaban J connectivity index is 1.63. The number of hydrogen-bond acceptors (Lipinski definition) is 6. The Morgan fingerprint density at radius 1 is 1.06 bits per heavy atom. The van der Waals surface area contributed by atoms with E-state index in [9.17, 15) is 4.79 Å². The van der Waals surface area contributed by atoms with Crippen LogP contribution in [0.5, 0.6) is 5.75 Å². The van der Waals surface area contributed by atoms with Gasteiger partial charge in [-0.3, -0.25) is 9.36 Å². The lowest BCUT2D eigenvalue weighted by atomic mass is 10.2. The summed E-state index contributed by atoms with van der Waals surface area (Å²) in [5.74, 6) is 2.12. The zero-order valence-electron chi connectivity index (χ0n) is 19.1. The van der Waals surface area contributed by atoms with Crippen molar-refractivity contribution >= 4 is 22.7 Å². The summed E-state index contributed by atoms with van der Waals surface area (Å²) in [4.78, 5) is 20.6. The van der Waals surface area contributed by atoms with Gasteiger partial charge in [-0.05, 0) is 49.0 Å². The van der Waals surface area contributed by atoms with E-state index < -0.39 is 0 Å². The van der Waals surface area contributed by atoms with Crippen molar-refractivity contribution in [2.24, 2.45) is 0 Å². The Kier molecular flexibility index (Phi) is 7.86. The van der Waals surface area contributed by atoms with Crippen molar-refractivity contribution in [2.45, 2.75) is 31.3 Å². The molecule has 0 radical (unpaired) electrons. The minimum Gasteiger partial charge on any atom is -0.492 e. The van der Waals surface area contributed by atoms with Gasteiger partial charge in [-0.2, -0.15) is 0 Å². The van der Waals surface area contributed by atoms with Gasteiger partial charge < -0.3 is 14.1 Å². The molecule has 0 aliphatic carbocycles. The van der Waals surface area contributed by atoms with Crippen molar-refractivity contribution in [1.82, 2.24) is 14.5 Å². The minimum atomic E-state index is -0.0962. The van der Waals surface area contributed by atoms with Crippen molar-refractivity contribution in [3.05, 3.63) is 88.6 Å². The lowest BCUT2D eigenvalue weighted by molar-refractivity contribution is 0.223. The number of furan rings is 1. The van der Waals surface area contributed by atoms with Crippen LogP contribution in [0.3, 0.4) is 0 Å². The van der Waals surface area contributed by atoms with Crippen LogP contribution in [0.15, 0.2) is 81.3 Å². The van der Waals surface area contributed by atoms with Crippen molar-refractivity contribution in [1.29, 1.82) is 0 Å². The van der Waals surface area contributed by atoms with Crippen LogP contribution in [0, 0.1) is 0 Å². The summed E-state index contributed by atoms with van der Waals surface area (Å²) in [5.41, 5.74) is 1.75. The molecule has 0 saturated heterocycles. The standard InChI is InChI=1S/C26H29N3O3S/c1-3-28(4-2)14-16-32-21-12-13-24-23(17-21)25(30)29(18-22-11-8-15-31-22)26(27-24)33-19-20-9-6-5-7-10-20/h5-13,15,17H,3-4,14,16,18-19H2,1-2H3. The normalized spacial score (nSPS) is 11.4. The molecule has 6 nitrogen and oxygen atoms in total. The van der Waals surface area contributed by atoms with Gasteiger partial charge in [-0.1, -0.05) is 55.9 Å². The summed E-state index contributed by atoms with van der Waals surface area (Å²) in [6.45, 7) is 8.01. The third-order valence-electron chi connectivity index (χ3n) is 5.57. The quantitative estimate of drug-likeness (QED) is 0.229. The first-order valence-corrected chi connectivity index (χ1v) is 12.2. The lowest BCUT2D eigenvalue weighted by Crippen LogP contribution is -2.28. The first-order chi connectivity index (χ1) is 16.2. The van der Waals surface area contributed by atoms with Crippen LogP contribution in [0.1, 0.15) is 25.2 Å². The molecule has 0 aliphatic heterocycles. The monoisotopic (exact) mass is 463 g/mol. The van der Waals surface area contributed by atoms with E-state index in [2.05, 4.69) is 30.9 Å². The molecule has 0 spiro atoms. The van der Waals surface area contributed by atoms with E-state index in [0.717, 1.165) is 25.4 Å². The number of likely N-dealkylation sites (N-methyl/N-ethyl adjacent to an activating group) is 1. The van der Waals surface area contributed by atoms with Crippen LogP contribution in [-0.2, 0) is 12.3 Å². The van der Waals surface area contributed by atoms with E-state index in [1.807, 2.05) is 42.5 Å². The summed E-state index contributed by atoms with van der Waals surface area (Å²) in [7, 11) is 0. The number of ether oxygens (including phenoxy) is 1. The molecule has 0 fully saturated rings. The Morgan fingerprint density at radius 3 is 2.61 bits per heavy atom. The first kappa shape index (κ1) is 23.1. The van der Waals surface area contributed by atoms with Gasteiger partial charge in [-0.15, -0.1) is 0 Å².